The molecule has 1 aliphatic carbocycles. The van der Waals surface area contributed by atoms with Crippen molar-refractivity contribution >= 4 is 0 Å². The molecule has 0 atom stereocenters. The van der Waals surface area contributed by atoms with Gasteiger partial charge in [0.1, 0.15) is 5.82 Å². The number of benzene rings is 1. The van der Waals surface area contributed by atoms with Crippen LogP contribution in [-0.2, 0) is 0 Å². The fourth-order valence-electron chi connectivity index (χ4n) is 0.870. The molecule has 0 bridgehead atoms. The Morgan fingerprint density at radius 3 is 2.75 bits per heavy atom. The highest BCUT2D eigenvalue weighted by Gasteiger charge is 2.24. The van der Waals surface area contributed by atoms with Gasteiger partial charge < -0.3 is 4.74 Å². The topological polar surface area (TPSA) is 9.23 Å². The van der Waals surface area contributed by atoms with Gasteiger partial charge in [0.25, 0.3) is 0 Å². The Balaban J connectivity index is 2.21. The summed E-state index contributed by atoms with van der Waals surface area (Å²) in [7, 11) is 0. The molecule has 1 saturated carbocycles. The van der Waals surface area contributed by atoms with Crippen LogP contribution in [-0.4, -0.2) is 6.10 Å². The maximum absolute atomic E-state index is 12.8. The molecule has 0 aromatic heterocycles. The van der Waals surface area contributed by atoms with E-state index in [1.54, 1.807) is 0 Å². The summed E-state index contributed by atoms with van der Waals surface area (Å²) in [6.45, 7) is 0. The Labute approximate surface area is 69.0 Å². The summed E-state index contributed by atoms with van der Waals surface area (Å²) >= 11 is 0. The molecule has 1 radical (unpaired) electrons. The number of rotatable bonds is 2. The van der Waals surface area contributed by atoms with E-state index in [2.05, 4.69) is 6.07 Å². The summed E-state index contributed by atoms with van der Waals surface area (Å²) in [6, 6.07) is 4.25. The predicted molar refractivity (Wildman–Crippen MR) is 38.8 cm³/mol. The van der Waals surface area contributed by atoms with Gasteiger partial charge >= 0.3 is 0 Å². The van der Waals surface area contributed by atoms with Crippen LogP contribution in [0.2, 0.25) is 0 Å². The third-order valence-electron chi connectivity index (χ3n) is 1.63. The molecule has 12 heavy (non-hydrogen) atoms. The highest BCUT2D eigenvalue weighted by molar-refractivity contribution is 5.24. The summed E-state index contributed by atoms with van der Waals surface area (Å²) in [4.78, 5) is 0. The maximum atomic E-state index is 12.8. The first-order chi connectivity index (χ1) is 5.75. The Morgan fingerprint density at radius 2 is 2.08 bits per heavy atom. The zero-order chi connectivity index (χ0) is 8.55. The van der Waals surface area contributed by atoms with Crippen molar-refractivity contribution in [2.24, 2.45) is 0 Å². The van der Waals surface area contributed by atoms with E-state index in [9.17, 15) is 8.78 Å². The van der Waals surface area contributed by atoms with Gasteiger partial charge in [0.2, 0.25) is 0 Å². The second-order valence-electron chi connectivity index (χ2n) is 2.80. The van der Waals surface area contributed by atoms with Gasteiger partial charge in [0, 0.05) is 0 Å². The van der Waals surface area contributed by atoms with E-state index in [0.29, 0.717) is 0 Å². The lowest BCUT2D eigenvalue weighted by atomic mass is 10.3. The van der Waals surface area contributed by atoms with Crippen LogP contribution in [0.3, 0.4) is 0 Å². The van der Waals surface area contributed by atoms with Crippen LogP contribution in [0.1, 0.15) is 12.8 Å². The van der Waals surface area contributed by atoms with Crippen molar-refractivity contribution in [3.8, 4) is 5.75 Å². The minimum atomic E-state index is -0.591. The van der Waals surface area contributed by atoms with Crippen LogP contribution in [0.4, 0.5) is 8.78 Å². The molecule has 63 valence electrons. The zero-order valence-corrected chi connectivity index (χ0v) is 6.31. The molecular formula is C9H7F2O. The molecule has 0 spiro atoms. The van der Waals surface area contributed by atoms with Gasteiger partial charge in [-0.3, -0.25) is 0 Å². The van der Waals surface area contributed by atoms with Crippen molar-refractivity contribution in [3.63, 3.8) is 0 Å². The number of halogens is 2. The minimum Gasteiger partial charge on any atom is -0.487 e. The minimum absolute atomic E-state index is 0.0672. The van der Waals surface area contributed by atoms with Gasteiger partial charge in [-0.1, -0.05) is 0 Å². The Kier molecular flexibility index (Phi) is 1.71. The Hall–Kier alpha value is -1.12. The first-order valence-electron chi connectivity index (χ1n) is 3.79. The van der Waals surface area contributed by atoms with Gasteiger partial charge in [-0.05, 0) is 25.0 Å². The number of ether oxygens (including phenoxy) is 1. The summed E-state index contributed by atoms with van der Waals surface area (Å²) < 4.78 is 30.4. The molecule has 0 N–H and O–H groups in total. The quantitative estimate of drug-likeness (QED) is 0.660. The average molecular weight is 169 g/mol. The number of hydrogen-bond acceptors (Lipinski definition) is 1. The van der Waals surface area contributed by atoms with E-state index >= 15 is 0 Å². The molecule has 0 saturated heterocycles. The fraction of sp³-hybridized carbons (Fsp3) is 0.333. The van der Waals surface area contributed by atoms with Gasteiger partial charge in [0.15, 0.2) is 11.6 Å². The van der Waals surface area contributed by atoms with Gasteiger partial charge in [0.05, 0.1) is 12.2 Å². The fourth-order valence-corrected chi connectivity index (χ4v) is 0.870. The van der Waals surface area contributed by atoms with Crippen LogP contribution in [0.25, 0.3) is 0 Å². The summed E-state index contributed by atoms with van der Waals surface area (Å²) in [5, 5.41) is 0. The van der Waals surface area contributed by atoms with Crippen LogP contribution >= 0.6 is 0 Å². The summed E-state index contributed by atoms with van der Waals surface area (Å²) in [6.07, 6.45) is 1.91. The molecule has 1 aromatic carbocycles. The number of hydrogen-bond donors (Lipinski definition) is 0. The van der Waals surface area contributed by atoms with Gasteiger partial charge in [-0.2, -0.15) is 0 Å². The molecule has 1 aliphatic rings. The molecule has 2 rings (SSSR count). The van der Waals surface area contributed by atoms with E-state index in [4.69, 9.17) is 4.74 Å². The van der Waals surface area contributed by atoms with Gasteiger partial charge in [-0.25, -0.2) is 8.78 Å². The average Bonchev–Trinajstić information content (AvgIpc) is 2.81. The molecule has 1 nitrogen and oxygen atoms in total. The standard InChI is InChI=1S/C9H7F2O/c10-6-1-4-8(11)9(5-6)12-7-2-3-7/h1,4,7H,2-3H2. The van der Waals surface area contributed by atoms with Crippen LogP contribution in [0, 0.1) is 17.7 Å². The maximum Gasteiger partial charge on any atom is 0.166 e. The first-order valence-corrected chi connectivity index (χ1v) is 3.79. The van der Waals surface area contributed by atoms with Crippen LogP contribution in [0.5, 0.6) is 5.75 Å². The molecule has 0 aliphatic heterocycles. The van der Waals surface area contributed by atoms with Crippen LogP contribution in [0.15, 0.2) is 12.1 Å². The molecule has 1 fully saturated rings. The lowest BCUT2D eigenvalue weighted by molar-refractivity contribution is 0.285. The van der Waals surface area contributed by atoms with Crippen molar-refractivity contribution < 1.29 is 13.5 Å². The third-order valence-corrected chi connectivity index (χ3v) is 1.63. The Bertz CT molecular complexity index is 295. The van der Waals surface area contributed by atoms with E-state index in [0.717, 1.165) is 25.0 Å². The van der Waals surface area contributed by atoms with Gasteiger partial charge in [-0.15, -0.1) is 0 Å². The van der Waals surface area contributed by atoms with E-state index in [-0.39, 0.29) is 11.9 Å². The monoisotopic (exact) mass is 169 g/mol. The molecule has 0 heterocycles. The smallest absolute Gasteiger partial charge is 0.166 e. The molecule has 0 amide bonds. The van der Waals surface area contributed by atoms with Crippen molar-refractivity contribution in [1.29, 1.82) is 0 Å². The van der Waals surface area contributed by atoms with Crippen molar-refractivity contribution in [2.45, 2.75) is 18.9 Å². The normalized spacial score (nSPS) is 16.2. The van der Waals surface area contributed by atoms with Crippen molar-refractivity contribution in [3.05, 3.63) is 29.8 Å². The van der Waals surface area contributed by atoms with Crippen molar-refractivity contribution in [1.82, 2.24) is 0 Å². The van der Waals surface area contributed by atoms with E-state index < -0.39 is 11.6 Å². The second-order valence-corrected chi connectivity index (χ2v) is 2.80. The highest BCUT2D eigenvalue weighted by atomic mass is 19.1. The summed E-state index contributed by atoms with van der Waals surface area (Å²) in [5.74, 6) is -1.24. The largest absolute Gasteiger partial charge is 0.487 e. The molecular weight excluding hydrogens is 162 g/mol. The lowest BCUT2D eigenvalue weighted by Gasteiger charge is -2.03. The van der Waals surface area contributed by atoms with E-state index in [1.807, 2.05) is 0 Å². The predicted octanol–water partition coefficient (Wildman–Crippen LogP) is 2.31. The van der Waals surface area contributed by atoms with E-state index in [1.165, 1.54) is 0 Å². The lowest BCUT2D eigenvalue weighted by Crippen LogP contribution is -1.98. The summed E-state index contributed by atoms with van der Waals surface area (Å²) in [5.41, 5.74) is 0. The SMILES string of the molecule is Fc1[c]c(OC2CC2)c(F)cc1. The zero-order valence-electron chi connectivity index (χ0n) is 6.31. The second kappa shape index (κ2) is 2.73. The molecule has 3 heteroatoms. The van der Waals surface area contributed by atoms with Crippen LogP contribution < -0.4 is 4.74 Å². The first kappa shape index (κ1) is 7.53. The highest BCUT2D eigenvalue weighted by Crippen LogP contribution is 2.28. The third kappa shape index (κ3) is 1.55. The Morgan fingerprint density at radius 1 is 1.33 bits per heavy atom. The molecule has 0 unspecified atom stereocenters. The van der Waals surface area contributed by atoms with Crippen molar-refractivity contribution in [2.75, 3.05) is 0 Å². The molecule has 1 aromatic rings.